The van der Waals surface area contributed by atoms with Crippen LogP contribution in [0.15, 0.2) is 54.6 Å². The quantitative estimate of drug-likeness (QED) is 0.817. The van der Waals surface area contributed by atoms with Crippen LogP contribution in [0.5, 0.6) is 5.75 Å². The summed E-state index contributed by atoms with van der Waals surface area (Å²) in [6, 6.07) is 17.5. The minimum atomic E-state index is 0.337. The maximum Gasteiger partial charge on any atom is 0.119 e. The number of para-hydroxylation sites is 1. The van der Waals surface area contributed by atoms with E-state index in [0.29, 0.717) is 5.75 Å². The molecule has 1 nitrogen and oxygen atoms in total. The highest BCUT2D eigenvalue weighted by atomic mass is 16.3. The van der Waals surface area contributed by atoms with Gasteiger partial charge < -0.3 is 5.11 Å². The van der Waals surface area contributed by atoms with Gasteiger partial charge in [0.05, 0.1) is 0 Å². The van der Waals surface area contributed by atoms with Gasteiger partial charge >= 0.3 is 0 Å². The molecule has 16 heavy (non-hydrogen) atoms. The van der Waals surface area contributed by atoms with E-state index in [1.807, 2.05) is 42.8 Å². The highest BCUT2D eigenvalue weighted by molar-refractivity contribution is 5.38. The monoisotopic (exact) mass is 210 g/mol. The molecule has 0 atom stereocenters. The molecule has 0 bridgehead atoms. The van der Waals surface area contributed by atoms with Crippen molar-refractivity contribution in [1.82, 2.24) is 0 Å². The lowest BCUT2D eigenvalue weighted by molar-refractivity contribution is 0.471. The summed E-state index contributed by atoms with van der Waals surface area (Å²) in [6.07, 6.45) is 4.97. The molecule has 1 N–H and O–H groups in total. The number of hydrogen-bond acceptors (Lipinski definition) is 1. The highest BCUT2D eigenvalue weighted by Crippen LogP contribution is 2.20. The van der Waals surface area contributed by atoms with Gasteiger partial charge in [0, 0.05) is 0 Å². The van der Waals surface area contributed by atoms with E-state index in [-0.39, 0.29) is 0 Å². The standard InChI is InChI=1S/C15H14O/c16-15-12-5-4-10-14(15)11-6-9-13-7-2-1-3-8-13/h1-5,7-12,16H,6H2. The summed E-state index contributed by atoms with van der Waals surface area (Å²) < 4.78 is 0. The SMILES string of the molecule is Oc1ccccc1[CH]C[CH]c1ccccc1. The first-order valence-electron chi connectivity index (χ1n) is 5.36. The molecule has 0 unspecified atom stereocenters. The van der Waals surface area contributed by atoms with Crippen molar-refractivity contribution in [2.24, 2.45) is 0 Å². The predicted molar refractivity (Wildman–Crippen MR) is 66.0 cm³/mol. The predicted octanol–water partition coefficient (Wildman–Crippen LogP) is 3.59. The minimum absolute atomic E-state index is 0.337. The van der Waals surface area contributed by atoms with Crippen LogP contribution in [0, 0.1) is 12.8 Å². The van der Waals surface area contributed by atoms with Gasteiger partial charge in [0.25, 0.3) is 0 Å². The molecule has 0 fully saturated rings. The van der Waals surface area contributed by atoms with E-state index in [1.54, 1.807) is 6.07 Å². The van der Waals surface area contributed by atoms with E-state index in [1.165, 1.54) is 5.56 Å². The van der Waals surface area contributed by atoms with Gasteiger partial charge in [0.15, 0.2) is 0 Å². The number of rotatable bonds is 4. The smallest absolute Gasteiger partial charge is 0.119 e. The number of phenols is 1. The molecule has 2 radical (unpaired) electrons. The Morgan fingerprint density at radius 1 is 0.812 bits per heavy atom. The molecule has 0 saturated carbocycles. The molecule has 1 heteroatoms. The summed E-state index contributed by atoms with van der Waals surface area (Å²) in [5.74, 6) is 0.337. The lowest BCUT2D eigenvalue weighted by atomic mass is 10.0. The van der Waals surface area contributed by atoms with Crippen LogP contribution in [0.2, 0.25) is 0 Å². The normalized spacial score (nSPS) is 10.2. The molecule has 0 spiro atoms. The van der Waals surface area contributed by atoms with Crippen LogP contribution in [0.4, 0.5) is 0 Å². The summed E-state index contributed by atoms with van der Waals surface area (Å²) in [5, 5.41) is 9.56. The Hall–Kier alpha value is -1.76. The molecule has 80 valence electrons. The molecule has 0 aliphatic heterocycles. The van der Waals surface area contributed by atoms with Crippen LogP contribution in [-0.2, 0) is 0 Å². The molecule has 2 rings (SSSR count). The summed E-state index contributed by atoms with van der Waals surface area (Å²) in [6.45, 7) is 0. The van der Waals surface area contributed by atoms with Crippen LogP contribution in [0.1, 0.15) is 17.5 Å². The van der Waals surface area contributed by atoms with E-state index in [9.17, 15) is 5.11 Å². The Morgan fingerprint density at radius 2 is 1.50 bits per heavy atom. The van der Waals surface area contributed by atoms with Crippen LogP contribution in [0.25, 0.3) is 0 Å². The average Bonchev–Trinajstić information content (AvgIpc) is 2.33. The van der Waals surface area contributed by atoms with E-state index >= 15 is 0 Å². The van der Waals surface area contributed by atoms with Crippen molar-refractivity contribution in [2.45, 2.75) is 6.42 Å². The average molecular weight is 210 g/mol. The van der Waals surface area contributed by atoms with Crippen molar-refractivity contribution < 1.29 is 5.11 Å². The lowest BCUT2D eigenvalue weighted by Crippen LogP contribution is -1.85. The third kappa shape index (κ3) is 2.86. The van der Waals surface area contributed by atoms with Crippen LogP contribution in [0.3, 0.4) is 0 Å². The molecular formula is C15H14O. The topological polar surface area (TPSA) is 20.2 Å². The molecule has 0 aliphatic rings. The van der Waals surface area contributed by atoms with Gasteiger partial charge in [-0.05, 0) is 36.5 Å². The molecule has 2 aromatic rings. The molecule has 0 saturated heterocycles. The maximum atomic E-state index is 9.56. The van der Waals surface area contributed by atoms with Crippen molar-refractivity contribution >= 4 is 0 Å². The van der Waals surface area contributed by atoms with E-state index in [2.05, 4.69) is 18.6 Å². The molecule has 0 amide bonds. The zero-order valence-corrected chi connectivity index (χ0v) is 9.01. The Bertz CT molecular complexity index is 434. The van der Waals surface area contributed by atoms with E-state index in [0.717, 1.165) is 12.0 Å². The van der Waals surface area contributed by atoms with Gasteiger partial charge in [-0.15, -0.1) is 0 Å². The van der Waals surface area contributed by atoms with Gasteiger partial charge in [0.1, 0.15) is 5.75 Å². The summed E-state index contributed by atoms with van der Waals surface area (Å²) >= 11 is 0. The Labute approximate surface area is 96.4 Å². The van der Waals surface area contributed by atoms with Crippen molar-refractivity contribution in [1.29, 1.82) is 0 Å². The van der Waals surface area contributed by atoms with Crippen LogP contribution >= 0.6 is 0 Å². The fraction of sp³-hybridized carbons (Fsp3) is 0.0667. The highest BCUT2D eigenvalue weighted by Gasteiger charge is 2.00. The summed E-state index contributed by atoms with van der Waals surface area (Å²) in [4.78, 5) is 0. The Morgan fingerprint density at radius 3 is 2.25 bits per heavy atom. The molecule has 0 aliphatic carbocycles. The van der Waals surface area contributed by atoms with Crippen LogP contribution in [-0.4, -0.2) is 5.11 Å². The first-order valence-corrected chi connectivity index (χ1v) is 5.36. The lowest BCUT2D eigenvalue weighted by Gasteiger charge is -2.03. The van der Waals surface area contributed by atoms with Gasteiger partial charge in [0.2, 0.25) is 0 Å². The fourth-order valence-electron chi connectivity index (χ4n) is 1.57. The summed E-state index contributed by atoms with van der Waals surface area (Å²) in [7, 11) is 0. The molecule has 0 aromatic heterocycles. The Kier molecular flexibility index (Phi) is 3.60. The first-order chi connectivity index (χ1) is 7.86. The van der Waals surface area contributed by atoms with Gasteiger partial charge in [-0.1, -0.05) is 48.5 Å². The molecule has 2 aromatic carbocycles. The second-order valence-corrected chi connectivity index (χ2v) is 3.61. The summed E-state index contributed by atoms with van der Waals surface area (Å²) in [5.41, 5.74) is 2.09. The van der Waals surface area contributed by atoms with Crippen LogP contribution < -0.4 is 0 Å². The second kappa shape index (κ2) is 5.36. The number of phenolic OH excluding ortho intramolecular Hbond substituents is 1. The maximum absolute atomic E-state index is 9.56. The third-order valence-corrected chi connectivity index (χ3v) is 2.43. The molecule has 0 heterocycles. The largest absolute Gasteiger partial charge is 0.508 e. The zero-order valence-electron chi connectivity index (χ0n) is 9.01. The number of hydrogen-bond donors (Lipinski definition) is 1. The second-order valence-electron chi connectivity index (χ2n) is 3.61. The zero-order chi connectivity index (χ0) is 11.2. The van der Waals surface area contributed by atoms with Crippen molar-refractivity contribution in [3.8, 4) is 5.75 Å². The minimum Gasteiger partial charge on any atom is -0.508 e. The van der Waals surface area contributed by atoms with Gasteiger partial charge in [-0.3, -0.25) is 0 Å². The third-order valence-electron chi connectivity index (χ3n) is 2.43. The Balaban J connectivity index is 1.87. The van der Waals surface area contributed by atoms with E-state index in [4.69, 9.17) is 0 Å². The van der Waals surface area contributed by atoms with Crippen molar-refractivity contribution in [2.75, 3.05) is 0 Å². The van der Waals surface area contributed by atoms with Crippen molar-refractivity contribution in [3.63, 3.8) is 0 Å². The fourth-order valence-corrected chi connectivity index (χ4v) is 1.57. The first kappa shape index (κ1) is 10.7. The van der Waals surface area contributed by atoms with Crippen molar-refractivity contribution in [3.05, 3.63) is 78.6 Å². The van der Waals surface area contributed by atoms with Gasteiger partial charge in [-0.25, -0.2) is 0 Å². The molecular weight excluding hydrogens is 196 g/mol. The van der Waals surface area contributed by atoms with Gasteiger partial charge in [-0.2, -0.15) is 0 Å². The van der Waals surface area contributed by atoms with E-state index < -0.39 is 0 Å². The number of aromatic hydroxyl groups is 1. The number of benzene rings is 2.